The van der Waals surface area contributed by atoms with Gasteiger partial charge in [-0.25, -0.2) is 9.79 Å². The Hall–Kier alpha value is -1.77. The van der Waals surface area contributed by atoms with Crippen LogP contribution in [0.5, 0.6) is 0 Å². The highest BCUT2D eigenvalue weighted by Crippen LogP contribution is 2.29. The van der Waals surface area contributed by atoms with E-state index in [1.54, 1.807) is 14.0 Å². The molecule has 35 heavy (non-hydrogen) atoms. The van der Waals surface area contributed by atoms with Gasteiger partial charge >= 0.3 is 12.0 Å². The number of carbonyl (C=O) groups excluding carboxylic acids is 3. The summed E-state index contributed by atoms with van der Waals surface area (Å²) < 4.78 is 5.02. The van der Waals surface area contributed by atoms with Crippen molar-refractivity contribution in [3.63, 3.8) is 0 Å². The topological polar surface area (TPSA) is 91.3 Å². The molecule has 1 saturated heterocycles. The number of hydrogen-bond acceptors (Lipinski definition) is 7. The van der Waals surface area contributed by atoms with E-state index in [4.69, 9.17) is 4.74 Å². The summed E-state index contributed by atoms with van der Waals surface area (Å²) in [5, 5.41) is 3.06. The fourth-order valence-electron chi connectivity index (χ4n) is 4.66. The van der Waals surface area contributed by atoms with Gasteiger partial charge in [0.15, 0.2) is 17.4 Å². The molecule has 0 aromatic carbocycles. The number of thioether (sulfide) groups is 1. The van der Waals surface area contributed by atoms with E-state index in [0.717, 1.165) is 12.8 Å². The van der Waals surface area contributed by atoms with E-state index in [2.05, 4.69) is 17.2 Å². The van der Waals surface area contributed by atoms with E-state index in [1.165, 1.54) is 93.7 Å². The Labute approximate surface area is 216 Å². The summed E-state index contributed by atoms with van der Waals surface area (Å²) in [6, 6.07) is -0.975. The van der Waals surface area contributed by atoms with E-state index in [0.29, 0.717) is 18.3 Å². The van der Waals surface area contributed by atoms with E-state index < -0.39 is 18.2 Å². The first-order valence-corrected chi connectivity index (χ1v) is 14.7. The normalized spacial score (nSPS) is 19.6. The van der Waals surface area contributed by atoms with Gasteiger partial charge in [0.2, 0.25) is 0 Å². The Balaban J connectivity index is 1.67. The van der Waals surface area contributed by atoms with Gasteiger partial charge in [-0.05, 0) is 13.3 Å². The number of imide groups is 1. The van der Waals surface area contributed by atoms with Gasteiger partial charge in [0.1, 0.15) is 0 Å². The van der Waals surface area contributed by atoms with Gasteiger partial charge in [-0.1, -0.05) is 102 Å². The van der Waals surface area contributed by atoms with Crippen molar-refractivity contribution in [2.75, 3.05) is 26.0 Å². The van der Waals surface area contributed by atoms with Crippen LogP contribution in [0.25, 0.3) is 0 Å². The molecule has 2 rings (SSSR count). The van der Waals surface area contributed by atoms with Crippen LogP contribution in [0.3, 0.4) is 0 Å². The quantitative estimate of drug-likeness (QED) is 0.198. The number of nitrogens with zero attached hydrogens (tertiary/aromatic N) is 3. The van der Waals surface area contributed by atoms with Crippen molar-refractivity contribution >= 4 is 34.8 Å². The first-order valence-electron chi connectivity index (χ1n) is 13.7. The number of fused-ring (bicyclic) bond motifs is 1. The molecule has 2 aliphatic heterocycles. The number of unbranched alkanes of at least 4 members (excludes halogenated alkanes) is 13. The van der Waals surface area contributed by atoms with Crippen LogP contribution in [-0.4, -0.2) is 71.0 Å². The SMILES string of the molecule is CCCCCCCCCCCCCCCCN1C(SCC(=O)OCC)=NC2C1C(=O)NC(=O)N2C. The van der Waals surface area contributed by atoms with E-state index in [1.807, 2.05) is 4.90 Å². The molecule has 3 amide bonds. The molecule has 2 heterocycles. The fourth-order valence-corrected chi connectivity index (χ4v) is 5.54. The highest BCUT2D eigenvalue weighted by Gasteiger charge is 2.48. The second kappa shape index (κ2) is 16.8. The van der Waals surface area contributed by atoms with E-state index >= 15 is 0 Å². The molecule has 0 radical (unpaired) electrons. The first kappa shape index (κ1) is 29.5. The number of esters is 1. The van der Waals surface area contributed by atoms with Gasteiger partial charge in [-0.3, -0.25) is 14.9 Å². The number of carbonyl (C=O) groups is 3. The molecule has 0 saturated carbocycles. The van der Waals surface area contributed by atoms with Crippen LogP contribution < -0.4 is 5.32 Å². The van der Waals surface area contributed by atoms with Crippen LogP contribution in [0.15, 0.2) is 4.99 Å². The second-order valence-corrected chi connectivity index (χ2v) is 10.5. The fraction of sp³-hybridized carbons (Fsp3) is 0.846. The zero-order valence-corrected chi connectivity index (χ0v) is 22.9. The van der Waals surface area contributed by atoms with Gasteiger partial charge in [0, 0.05) is 13.6 Å². The lowest BCUT2D eigenvalue weighted by Crippen LogP contribution is -2.63. The molecule has 0 aromatic rings. The van der Waals surface area contributed by atoms with Crippen molar-refractivity contribution in [3.05, 3.63) is 0 Å². The highest BCUT2D eigenvalue weighted by atomic mass is 32.2. The number of aliphatic imine (C=N–C) groups is 1. The minimum absolute atomic E-state index is 0.140. The monoisotopic (exact) mass is 510 g/mol. The Kier molecular flexibility index (Phi) is 14.2. The zero-order valence-electron chi connectivity index (χ0n) is 22.1. The summed E-state index contributed by atoms with van der Waals surface area (Å²) in [5.41, 5.74) is 0. The van der Waals surface area contributed by atoms with E-state index in [-0.39, 0.29) is 17.6 Å². The molecule has 2 atom stereocenters. The van der Waals surface area contributed by atoms with Crippen LogP contribution in [0.4, 0.5) is 4.79 Å². The number of hydrogen-bond donors (Lipinski definition) is 1. The highest BCUT2D eigenvalue weighted by molar-refractivity contribution is 8.14. The molecule has 0 bridgehead atoms. The number of urea groups is 1. The smallest absolute Gasteiger partial charge is 0.325 e. The first-order chi connectivity index (χ1) is 17.0. The number of rotatable bonds is 18. The summed E-state index contributed by atoms with van der Waals surface area (Å²) in [6.07, 6.45) is 17.5. The number of amidine groups is 1. The Morgan fingerprint density at radius 1 is 0.914 bits per heavy atom. The number of likely N-dealkylation sites (N-methyl/N-ethyl adjacent to an activating group) is 1. The average molecular weight is 511 g/mol. The van der Waals surface area contributed by atoms with Crippen LogP contribution in [0.2, 0.25) is 0 Å². The van der Waals surface area contributed by atoms with Crippen molar-refractivity contribution in [1.29, 1.82) is 0 Å². The summed E-state index contributed by atoms with van der Waals surface area (Å²) in [5.74, 6) is -0.486. The molecule has 0 spiro atoms. The predicted octanol–water partition coefficient (Wildman–Crippen LogP) is 5.31. The maximum atomic E-state index is 12.6. The third-order valence-corrected chi connectivity index (χ3v) is 7.68. The maximum absolute atomic E-state index is 12.6. The third-order valence-electron chi connectivity index (χ3n) is 6.70. The van der Waals surface area contributed by atoms with Crippen molar-refractivity contribution in [3.8, 4) is 0 Å². The zero-order chi connectivity index (χ0) is 25.5. The Morgan fingerprint density at radius 2 is 1.46 bits per heavy atom. The van der Waals surface area contributed by atoms with Crippen LogP contribution in [-0.2, 0) is 14.3 Å². The molecule has 1 fully saturated rings. The molecule has 2 unspecified atom stereocenters. The van der Waals surface area contributed by atoms with Gasteiger partial charge in [0.05, 0.1) is 12.4 Å². The lowest BCUT2D eigenvalue weighted by atomic mass is 10.0. The number of ether oxygens (including phenoxy) is 1. The minimum Gasteiger partial charge on any atom is -0.465 e. The molecular weight excluding hydrogens is 464 g/mol. The molecule has 0 aromatic heterocycles. The second-order valence-electron chi connectivity index (χ2n) is 9.56. The number of amides is 3. The average Bonchev–Trinajstić information content (AvgIpc) is 3.21. The summed E-state index contributed by atoms with van der Waals surface area (Å²) in [4.78, 5) is 44.5. The Bertz CT molecular complexity index is 703. The minimum atomic E-state index is -0.549. The van der Waals surface area contributed by atoms with Gasteiger partial charge in [-0.2, -0.15) is 0 Å². The third kappa shape index (κ3) is 10.0. The molecule has 9 heteroatoms. The molecule has 0 aliphatic carbocycles. The van der Waals surface area contributed by atoms with Crippen molar-refractivity contribution < 1.29 is 19.1 Å². The van der Waals surface area contributed by atoms with E-state index in [9.17, 15) is 14.4 Å². The van der Waals surface area contributed by atoms with Crippen LogP contribution >= 0.6 is 11.8 Å². The largest absolute Gasteiger partial charge is 0.465 e. The van der Waals surface area contributed by atoms with Crippen molar-refractivity contribution in [2.24, 2.45) is 4.99 Å². The van der Waals surface area contributed by atoms with Crippen molar-refractivity contribution in [2.45, 2.75) is 116 Å². The molecule has 8 nitrogen and oxygen atoms in total. The van der Waals surface area contributed by atoms with Gasteiger partial charge < -0.3 is 14.5 Å². The molecule has 200 valence electrons. The molecule has 1 N–H and O–H groups in total. The maximum Gasteiger partial charge on any atom is 0.325 e. The standard InChI is InChI=1S/C26H46N4O4S/c1-4-6-7-8-9-10-11-12-13-14-15-16-17-18-19-30-22-23(29(3)25(33)28-24(22)32)27-26(30)35-20-21(31)34-5-2/h22-23H,4-20H2,1-3H3,(H,28,32,33). The summed E-state index contributed by atoms with van der Waals surface area (Å²) >= 11 is 1.28. The number of nitrogens with one attached hydrogen (secondary N) is 1. The lowest BCUT2D eigenvalue weighted by Gasteiger charge is -2.36. The molecule has 2 aliphatic rings. The Morgan fingerprint density at radius 3 is 2.00 bits per heavy atom. The predicted molar refractivity (Wildman–Crippen MR) is 142 cm³/mol. The molecular formula is C26H46N4O4S. The lowest BCUT2D eigenvalue weighted by molar-refractivity contribution is -0.139. The van der Waals surface area contributed by atoms with Crippen LogP contribution in [0.1, 0.15) is 104 Å². The van der Waals surface area contributed by atoms with Crippen LogP contribution in [0, 0.1) is 0 Å². The summed E-state index contributed by atoms with van der Waals surface area (Å²) in [6.45, 7) is 5.05. The van der Waals surface area contributed by atoms with Crippen molar-refractivity contribution in [1.82, 2.24) is 15.1 Å². The van der Waals surface area contributed by atoms with Gasteiger partial charge in [0.25, 0.3) is 5.91 Å². The van der Waals surface area contributed by atoms with Gasteiger partial charge in [-0.15, -0.1) is 0 Å². The summed E-state index contributed by atoms with van der Waals surface area (Å²) in [7, 11) is 1.65.